The van der Waals surface area contributed by atoms with Gasteiger partial charge in [0.15, 0.2) is 16.8 Å². The Bertz CT molecular complexity index is 695. The van der Waals surface area contributed by atoms with E-state index in [0.717, 1.165) is 11.7 Å². The Morgan fingerprint density at radius 3 is 2.94 bits per heavy atom. The highest BCUT2D eigenvalue weighted by Crippen LogP contribution is 2.22. The van der Waals surface area contributed by atoms with Gasteiger partial charge >= 0.3 is 0 Å². The van der Waals surface area contributed by atoms with Crippen LogP contribution in [-0.4, -0.2) is 19.6 Å². The Labute approximate surface area is 101 Å². The Morgan fingerprint density at radius 2 is 2.12 bits per heavy atom. The molecule has 0 aliphatic heterocycles. The van der Waals surface area contributed by atoms with Crippen LogP contribution in [-0.2, 0) is 0 Å². The highest BCUT2D eigenvalue weighted by atomic mass is 35.5. The first kappa shape index (κ1) is 10.2. The first-order valence-electron chi connectivity index (χ1n) is 4.86. The summed E-state index contributed by atoms with van der Waals surface area (Å²) >= 11 is 5.63. The highest BCUT2D eigenvalue weighted by molar-refractivity contribution is 6.29. The molecule has 0 radical (unpaired) electrons. The van der Waals surface area contributed by atoms with E-state index in [4.69, 9.17) is 11.6 Å². The van der Waals surface area contributed by atoms with Gasteiger partial charge in [-0.15, -0.1) is 0 Å². The van der Waals surface area contributed by atoms with Gasteiger partial charge in [0.05, 0.1) is 23.5 Å². The maximum atomic E-state index is 13.0. The predicted molar refractivity (Wildman–Crippen MR) is 61.2 cm³/mol. The van der Waals surface area contributed by atoms with Crippen molar-refractivity contribution in [2.45, 2.75) is 0 Å². The van der Waals surface area contributed by atoms with Gasteiger partial charge in [-0.3, -0.25) is 0 Å². The van der Waals surface area contributed by atoms with E-state index in [0.29, 0.717) is 11.4 Å². The molecule has 0 amide bonds. The molecule has 4 nitrogen and oxygen atoms in total. The summed E-state index contributed by atoms with van der Waals surface area (Å²) in [5.74, 6) is -0.274. The fourth-order valence-corrected chi connectivity index (χ4v) is 1.71. The molecule has 0 N–H and O–H groups in total. The molecule has 6 heteroatoms. The van der Waals surface area contributed by atoms with Crippen molar-refractivity contribution in [3.8, 4) is 11.4 Å². The third-order valence-corrected chi connectivity index (χ3v) is 2.63. The Hall–Kier alpha value is -2.01. The lowest BCUT2D eigenvalue weighted by Gasteiger charge is -1.98. The molecule has 0 aliphatic rings. The lowest BCUT2D eigenvalue weighted by molar-refractivity contribution is 0.615. The van der Waals surface area contributed by atoms with Gasteiger partial charge in [-0.25, -0.2) is 18.9 Å². The number of pyridine rings is 1. The van der Waals surface area contributed by atoms with Gasteiger partial charge in [-0.1, -0.05) is 17.7 Å². The van der Waals surface area contributed by atoms with Crippen molar-refractivity contribution in [3.05, 3.63) is 47.8 Å². The minimum atomic E-state index is -0.633. The Kier molecular flexibility index (Phi) is 2.26. The smallest absolute Gasteiger partial charge is 0.178 e. The number of hydrogen-bond acceptors (Lipinski definition) is 3. The van der Waals surface area contributed by atoms with Crippen molar-refractivity contribution >= 4 is 17.1 Å². The molecule has 0 fully saturated rings. The summed E-state index contributed by atoms with van der Waals surface area (Å²) in [6.07, 6.45) is 4.49. The SMILES string of the molecule is Fc1cnc(-c2cnn3ccccc23)nc1Cl. The first-order chi connectivity index (χ1) is 8.25. The first-order valence-corrected chi connectivity index (χ1v) is 5.24. The molecule has 0 unspecified atom stereocenters. The lowest BCUT2D eigenvalue weighted by atomic mass is 10.2. The predicted octanol–water partition coefficient (Wildman–Crippen LogP) is 2.58. The van der Waals surface area contributed by atoms with E-state index in [1.54, 1.807) is 10.7 Å². The van der Waals surface area contributed by atoms with Gasteiger partial charge in [0, 0.05) is 6.20 Å². The minimum Gasteiger partial charge on any atom is -0.240 e. The highest BCUT2D eigenvalue weighted by Gasteiger charge is 2.11. The topological polar surface area (TPSA) is 43.1 Å². The standard InChI is InChI=1S/C11H6ClFN4/c12-10-8(13)6-14-11(16-10)7-5-15-17-4-2-1-3-9(7)17/h1-6H. The van der Waals surface area contributed by atoms with Crippen molar-refractivity contribution < 1.29 is 4.39 Å². The fraction of sp³-hybridized carbons (Fsp3) is 0. The zero-order valence-electron chi connectivity index (χ0n) is 8.51. The Morgan fingerprint density at radius 1 is 1.24 bits per heavy atom. The van der Waals surface area contributed by atoms with Crippen LogP contribution in [0, 0.1) is 5.82 Å². The van der Waals surface area contributed by atoms with Crippen molar-refractivity contribution in [1.82, 2.24) is 19.6 Å². The van der Waals surface area contributed by atoms with Gasteiger partial charge in [-0.2, -0.15) is 5.10 Å². The number of rotatable bonds is 1. The van der Waals surface area contributed by atoms with Crippen molar-refractivity contribution in [3.63, 3.8) is 0 Å². The van der Waals surface area contributed by atoms with Crippen molar-refractivity contribution in [1.29, 1.82) is 0 Å². The lowest BCUT2D eigenvalue weighted by Crippen LogP contribution is -1.92. The second-order valence-corrected chi connectivity index (χ2v) is 3.78. The number of nitrogens with zero attached hydrogens (tertiary/aromatic N) is 4. The minimum absolute atomic E-state index is 0.190. The molecule has 84 valence electrons. The molecule has 17 heavy (non-hydrogen) atoms. The fourth-order valence-electron chi connectivity index (χ4n) is 1.58. The molecular weight excluding hydrogens is 243 g/mol. The second kappa shape index (κ2) is 3.78. The summed E-state index contributed by atoms with van der Waals surface area (Å²) in [6.45, 7) is 0. The van der Waals surface area contributed by atoms with Crippen LogP contribution in [0.4, 0.5) is 4.39 Å². The van der Waals surface area contributed by atoms with Crippen LogP contribution in [0.1, 0.15) is 0 Å². The van der Waals surface area contributed by atoms with Crippen LogP contribution in [0.2, 0.25) is 5.15 Å². The molecule has 0 aromatic carbocycles. The number of fused-ring (bicyclic) bond motifs is 1. The molecule has 3 aromatic rings. The van der Waals surface area contributed by atoms with Gasteiger partial charge < -0.3 is 0 Å². The molecule has 0 bridgehead atoms. The second-order valence-electron chi connectivity index (χ2n) is 3.42. The third kappa shape index (κ3) is 1.64. The maximum Gasteiger partial charge on any atom is 0.178 e. The molecule has 3 rings (SSSR count). The zero-order chi connectivity index (χ0) is 11.8. The average molecular weight is 249 g/mol. The van der Waals surface area contributed by atoms with E-state index < -0.39 is 5.82 Å². The molecule has 0 spiro atoms. The number of aromatic nitrogens is 4. The maximum absolute atomic E-state index is 13.0. The summed E-state index contributed by atoms with van der Waals surface area (Å²) in [5, 5.41) is 3.96. The van der Waals surface area contributed by atoms with Crippen LogP contribution in [0.3, 0.4) is 0 Å². The zero-order valence-corrected chi connectivity index (χ0v) is 9.26. The molecule has 0 saturated carbocycles. The van der Waals surface area contributed by atoms with E-state index >= 15 is 0 Å². The van der Waals surface area contributed by atoms with Crippen LogP contribution < -0.4 is 0 Å². The molecule has 0 aliphatic carbocycles. The molecule has 3 aromatic heterocycles. The molecule has 0 atom stereocenters. The van der Waals surface area contributed by atoms with Gasteiger partial charge in [0.1, 0.15) is 0 Å². The third-order valence-electron chi connectivity index (χ3n) is 2.37. The summed E-state index contributed by atoms with van der Waals surface area (Å²) in [5.41, 5.74) is 1.56. The van der Waals surface area contributed by atoms with Crippen molar-refractivity contribution in [2.24, 2.45) is 0 Å². The van der Waals surface area contributed by atoms with Gasteiger partial charge in [0.25, 0.3) is 0 Å². The van der Waals surface area contributed by atoms with Crippen LogP contribution >= 0.6 is 11.6 Å². The Balaban J connectivity index is 2.24. The summed E-state index contributed by atoms with van der Waals surface area (Å²) in [6, 6.07) is 5.62. The number of halogens is 2. The van der Waals surface area contributed by atoms with E-state index in [2.05, 4.69) is 15.1 Å². The van der Waals surface area contributed by atoms with Gasteiger partial charge in [0.2, 0.25) is 0 Å². The summed E-state index contributed by atoms with van der Waals surface area (Å²) < 4.78 is 14.7. The molecule has 0 saturated heterocycles. The van der Waals surface area contributed by atoms with Crippen LogP contribution in [0.25, 0.3) is 16.9 Å². The van der Waals surface area contributed by atoms with E-state index in [1.165, 1.54) is 0 Å². The van der Waals surface area contributed by atoms with E-state index in [-0.39, 0.29) is 5.15 Å². The average Bonchev–Trinajstić information content (AvgIpc) is 2.76. The normalized spacial score (nSPS) is 10.9. The van der Waals surface area contributed by atoms with E-state index in [9.17, 15) is 4.39 Å². The van der Waals surface area contributed by atoms with Crippen LogP contribution in [0.5, 0.6) is 0 Å². The van der Waals surface area contributed by atoms with E-state index in [1.807, 2.05) is 24.4 Å². The van der Waals surface area contributed by atoms with Gasteiger partial charge in [-0.05, 0) is 12.1 Å². The van der Waals surface area contributed by atoms with Crippen molar-refractivity contribution in [2.75, 3.05) is 0 Å². The number of hydrogen-bond donors (Lipinski definition) is 0. The summed E-state index contributed by atoms with van der Waals surface area (Å²) in [4.78, 5) is 7.80. The quantitative estimate of drug-likeness (QED) is 0.622. The largest absolute Gasteiger partial charge is 0.240 e. The van der Waals surface area contributed by atoms with Crippen LogP contribution in [0.15, 0.2) is 36.8 Å². The molecular formula is C11H6ClFN4. The monoisotopic (exact) mass is 248 g/mol. The summed E-state index contributed by atoms with van der Waals surface area (Å²) in [7, 11) is 0. The molecule has 3 heterocycles.